The van der Waals surface area contributed by atoms with Crippen molar-refractivity contribution in [3.8, 4) is 0 Å². The third kappa shape index (κ3) is 5.73. The second kappa shape index (κ2) is 9.98. The lowest BCUT2D eigenvalue weighted by Crippen LogP contribution is -2.49. The van der Waals surface area contributed by atoms with E-state index in [2.05, 4.69) is 15.5 Å². The summed E-state index contributed by atoms with van der Waals surface area (Å²) in [6.45, 7) is 4.20. The van der Waals surface area contributed by atoms with Gasteiger partial charge in [-0.1, -0.05) is 29.6 Å². The van der Waals surface area contributed by atoms with Crippen LogP contribution in [0.25, 0.3) is 0 Å². The minimum Gasteiger partial charge on any atom is -0.323 e. The molecule has 0 radical (unpaired) electrons. The van der Waals surface area contributed by atoms with Crippen molar-refractivity contribution in [3.05, 3.63) is 28.2 Å². The van der Waals surface area contributed by atoms with Crippen molar-refractivity contribution < 1.29 is 4.79 Å². The van der Waals surface area contributed by atoms with Crippen molar-refractivity contribution in [3.63, 3.8) is 0 Å². The zero-order valence-corrected chi connectivity index (χ0v) is 16.6. The van der Waals surface area contributed by atoms with E-state index in [0.29, 0.717) is 21.7 Å². The molecule has 2 aliphatic heterocycles. The Bertz CT molecular complexity index is 579. The van der Waals surface area contributed by atoms with Gasteiger partial charge in [0, 0.05) is 11.6 Å². The lowest BCUT2D eigenvalue weighted by atomic mass is 9.94. The molecule has 0 aliphatic carbocycles. The van der Waals surface area contributed by atoms with E-state index < -0.39 is 0 Å². The van der Waals surface area contributed by atoms with Crippen LogP contribution in [0.3, 0.4) is 0 Å². The van der Waals surface area contributed by atoms with E-state index in [1.807, 2.05) is 0 Å². The number of halogens is 3. The van der Waals surface area contributed by atoms with Gasteiger partial charge >= 0.3 is 0 Å². The predicted octanol–water partition coefficient (Wildman–Crippen LogP) is 4.21. The van der Waals surface area contributed by atoms with Gasteiger partial charge in [0.2, 0.25) is 5.91 Å². The van der Waals surface area contributed by atoms with Crippen LogP contribution >= 0.6 is 35.6 Å². The maximum absolute atomic E-state index is 12.8. The number of carbonyl (C=O) groups is 1. The molecule has 0 bridgehead atoms. The first-order valence-electron chi connectivity index (χ1n) is 8.84. The van der Waals surface area contributed by atoms with Gasteiger partial charge in [0.25, 0.3) is 0 Å². The molecule has 2 saturated heterocycles. The summed E-state index contributed by atoms with van der Waals surface area (Å²) in [6, 6.07) is 5.09. The molecule has 3 rings (SSSR count). The normalized spacial score (nSPS) is 22.2. The minimum atomic E-state index is -0.0660. The van der Waals surface area contributed by atoms with Crippen molar-refractivity contribution in [1.29, 1.82) is 0 Å². The number of carbonyl (C=O) groups excluding carboxylic acids is 1. The van der Waals surface area contributed by atoms with Gasteiger partial charge in [0.1, 0.15) is 0 Å². The highest BCUT2D eigenvalue weighted by Crippen LogP contribution is 2.27. The fourth-order valence-electron chi connectivity index (χ4n) is 3.71. The molecule has 1 aromatic rings. The molecular weight excluding hydrogens is 381 g/mol. The number of anilines is 1. The number of piperidine rings is 2. The Morgan fingerprint density at radius 3 is 2.72 bits per heavy atom. The zero-order valence-electron chi connectivity index (χ0n) is 14.3. The van der Waals surface area contributed by atoms with Gasteiger partial charge in [-0.15, -0.1) is 12.4 Å². The van der Waals surface area contributed by atoms with Crippen LogP contribution < -0.4 is 10.6 Å². The molecule has 2 fully saturated rings. The summed E-state index contributed by atoms with van der Waals surface area (Å²) in [4.78, 5) is 15.2. The Morgan fingerprint density at radius 1 is 1.20 bits per heavy atom. The van der Waals surface area contributed by atoms with E-state index in [9.17, 15) is 4.79 Å². The van der Waals surface area contributed by atoms with E-state index in [1.54, 1.807) is 18.2 Å². The van der Waals surface area contributed by atoms with Gasteiger partial charge in [-0.05, 0) is 69.4 Å². The molecule has 4 nitrogen and oxygen atoms in total. The van der Waals surface area contributed by atoms with Crippen molar-refractivity contribution in [2.24, 2.45) is 5.92 Å². The van der Waals surface area contributed by atoms with E-state index in [-0.39, 0.29) is 24.4 Å². The molecule has 1 unspecified atom stereocenters. The maximum atomic E-state index is 12.8. The van der Waals surface area contributed by atoms with Crippen LogP contribution in [-0.2, 0) is 4.79 Å². The average molecular weight is 407 g/mol. The second-order valence-electron chi connectivity index (χ2n) is 6.81. The Balaban J connectivity index is 0.00000225. The summed E-state index contributed by atoms with van der Waals surface area (Å²) in [5.41, 5.74) is 0.599. The van der Waals surface area contributed by atoms with Gasteiger partial charge in [-0.25, -0.2) is 0 Å². The highest BCUT2D eigenvalue weighted by atomic mass is 35.5. The second-order valence-corrected chi connectivity index (χ2v) is 7.66. The molecule has 2 heterocycles. The number of nitrogens with one attached hydrogen (secondary N) is 2. The first-order chi connectivity index (χ1) is 11.6. The van der Waals surface area contributed by atoms with E-state index in [1.165, 1.54) is 19.3 Å². The van der Waals surface area contributed by atoms with Crippen LogP contribution in [0.5, 0.6) is 0 Å². The molecule has 0 aromatic heterocycles. The lowest BCUT2D eigenvalue weighted by Gasteiger charge is -2.38. The Labute approximate surface area is 166 Å². The molecule has 1 atom stereocenters. The summed E-state index contributed by atoms with van der Waals surface area (Å²) in [7, 11) is 0. The van der Waals surface area contributed by atoms with Crippen molar-refractivity contribution in [1.82, 2.24) is 10.2 Å². The summed E-state index contributed by atoms with van der Waals surface area (Å²) in [5, 5.41) is 7.48. The van der Waals surface area contributed by atoms with Gasteiger partial charge in [-0.3, -0.25) is 9.69 Å². The number of likely N-dealkylation sites (tertiary alicyclic amines) is 1. The first-order valence-corrected chi connectivity index (χ1v) is 9.60. The highest BCUT2D eigenvalue weighted by Gasteiger charge is 2.30. The molecule has 0 spiro atoms. The number of benzene rings is 1. The monoisotopic (exact) mass is 405 g/mol. The third-order valence-electron chi connectivity index (χ3n) is 5.05. The predicted molar refractivity (Wildman–Crippen MR) is 107 cm³/mol. The molecule has 1 amide bonds. The summed E-state index contributed by atoms with van der Waals surface area (Å²) < 4.78 is 0. The van der Waals surface area contributed by atoms with Crippen LogP contribution in [0, 0.1) is 5.92 Å². The quantitative estimate of drug-likeness (QED) is 0.787. The standard InChI is InChI=1S/C18H25Cl2N3O.ClH/c19-14-4-5-15(20)16(11-14)22-18(24)17-3-1-2-10-23(17)12-13-6-8-21-9-7-13;/h4-5,11,13,17,21H,1-3,6-10,12H2,(H,22,24);1H. The summed E-state index contributed by atoms with van der Waals surface area (Å²) in [5.74, 6) is 0.724. The van der Waals surface area contributed by atoms with E-state index in [4.69, 9.17) is 23.2 Å². The highest BCUT2D eigenvalue weighted by molar-refractivity contribution is 6.35. The summed E-state index contributed by atoms with van der Waals surface area (Å²) >= 11 is 12.2. The molecule has 2 N–H and O–H groups in total. The van der Waals surface area contributed by atoms with Crippen LogP contribution in [0.15, 0.2) is 18.2 Å². The van der Waals surface area contributed by atoms with Gasteiger partial charge in [-0.2, -0.15) is 0 Å². The topological polar surface area (TPSA) is 44.4 Å². The SMILES string of the molecule is Cl.O=C(Nc1cc(Cl)ccc1Cl)C1CCCCN1CC1CCNCC1. The number of rotatable bonds is 4. The molecule has 140 valence electrons. The largest absolute Gasteiger partial charge is 0.323 e. The fraction of sp³-hybridized carbons (Fsp3) is 0.611. The van der Waals surface area contributed by atoms with Gasteiger partial charge in [0.05, 0.1) is 16.8 Å². The smallest absolute Gasteiger partial charge is 0.241 e. The van der Waals surface area contributed by atoms with Crippen LogP contribution in [0.4, 0.5) is 5.69 Å². The molecule has 1 aromatic carbocycles. The third-order valence-corrected chi connectivity index (χ3v) is 5.62. The summed E-state index contributed by atoms with van der Waals surface area (Å²) in [6.07, 6.45) is 5.58. The van der Waals surface area contributed by atoms with Gasteiger partial charge < -0.3 is 10.6 Å². The van der Waals surface area contributed by atoms with Crippen molar-refractivity contribution in [2.75, 3.05) is 31.5 Å². The first kappa shape index (κ1) is 20.8. The van der Waals surface area contributed by atoms with Crippen LogP contribution in [0.1, 0.15) is 32.1 Å². The van der Waals surface area contributed by atoms with Crippen LogP contribution in [0.2, 0.25) is 10.0 Å². The van der Waals surface area contributed by atoms with Crippen LogP contribution in [-0.4, -0.2) is 43.0 Å². The lowest BCUT2D eigenvalue weighted by molar-refractivity contribution is -0.122. The molecule has 0 saturated carbocycles. The Kier molecular flexibility index (Phi) is 8.30. The van der Waals surface area contributed by atoms with E-state index >= 15 is 0 Å². The molecular formula is C18H26Cl3N3O. The van der Waals surface area contributed by atoms with Crippen molar-refractivity contribution in [2.45, 2.75) is 38.1 Å². The minimum absolute atomic E-state index is 0. The maximum Gasteiger partial charge on any atom is 0.241 e. The fourth-order valence-corrected chi connectivity index (χ4v) is 4.05. The average Bonchev–Trinajstić information content (AvgIpc) is 2.59. The number of hydrogen-bond acceptors (Lipinski definition) is 3. The van der Waals surface area contributed by atoms with E-state index in [0.717, 1.165) is 39.0 Å². The number of nitrogens with zero attached hydrogens (tertiary/aromatic N) is 1. The molecule has 25 heavy (non-hydrogen) atoms. The molecule has 7 heteroatoms. The van der Waals surface area contributed by atoms with Gasteiger partial charge in [0.15, 0.2) is 0 Å². The van der Waals surface area contributed by atoms with Crippen molar-refractivity contribution >= 4 is 47.2 Å². The number of hydrogen-bond donors (Lipinski definition) is 2. The Hall–Kier alpha value is -0.520. The number of amides is 1. The zero-order chi connectivity index (χ0) is 16.9. The Morgan fingerprint density at radius 2 is 1.96 bits per heavy atom. The molecule has 2 aliphatic rings.